The number of hydrogen-bond acceptors (Lipinski definition) is 4. The minimum atomic E-state index is 0.00123. The molecular weight excluding hydrogens is 354 g/mol. The fraction of sp³-hybridized carbons (Fsp3) is 0.273. The summed E-state index contributed by atoms with van der Waals surface area (Å²) in [6.45, 7) is 1.25. The van der Waals surface area contributed by atoms with Gasteiger partial charge in [-0.25, -0.2) is 4.98 Å². The number of methoxy groups -OCH3 is 2. The lowest BCUT2D eigenvalue weighted by Crippen LogP contribution is -2.34. The Morgan fingerprint density at radius 3 is 2.68 bits per heavy atom. The van der Waals surface area contributed by atoms with Gasteiger partial charge in [-0.2, -0.15) is 0 Å². The van der Waals surface area contributed by atoms with Crippen LogP contribution in [0.3, 0.4) is 0 Å². The predicted octanol–water partition coefficient (Wildman–Crippen LogP) is 3.19. The normalized spacial score (nSPS) is 13.8. The predicted molar refractivity (Wildman–Crippen MR) is 108 cm³/mol. The molecule has 0 unspecified atom stereocenters. The molecule has 6 nitrogen and oxygen atoms in total. The number of carbonyl (C=O) groups is 1. The summed E-state index contributed by atoms with van der Waals surface area (Å²) in [4.78, 5) is 19.0. The number of fused-ring (bicyclic) bond motifs is 2. The number of benzene rings is 1. The highest BCUT2D eigenvalue weighted by Gasteiger charge is 2.21. The van der Waals surface area contributed by atoms with E-state index in [0.29, 0.717) is 18.8 Å². The molecule has 1 aromatic carbocycles. The maximum Gasteiger partial charge on any atom is 0.246 e. The third-order valence-electron chi connectivity index (χ3n) is 5.20. The average molecular weight is 377 g/mol. The Hall–Kier alpha value is -3.28. The molecular formula is C22H23N3O3. The molecule has 0 atom stereocenters. The van der Waals surface area contributed by atoms with E-state index < -0.39 is 0 Å². The van der Waals surface area contributed by atoms with Gasteiger partial charge in [0.1, 0.15) is 5.65 Å². The number of carbonyl (C=O) groups excluding carboxylic acids is 1. The Labute approximate surface area is 164 Å². The van der Waals surface area contributed by atoms with Crippen molar-refractivity contribution in [3.8, 4) is 11.5 Å². The van der Waals surface area contributed by atoms with Crippen molar-refractivity contribution < 1.29 is 14.3 Å². The summed E-state index contributed by atoms with van der Waals surface area (Å²) in [6.07, 6.45) is 8.08. The van der Waals surface area contributed by atoms with Crippen molar-refractivity contribution in [1.82, 2.24) is 14.5 Å². The molecule has 1 aliphatic heterocycles. The molecule has 1 amide bonds. The summed E-state index contributed by atoms with van der Waals surface area (Å²) in [5, 5.41) is 1.04. The van der Waals surface area contributed by atoms with Crippen LogP contribution in [-0.2, 0) is 24.8 Å². The lowest BCUT2D eigenvalue weighted by atomic mass is 9.98. The summed E-state index contributed by atoms with van der Waals surface area (Å²) in [7, 11) is 5.21. The second kappa shape index (κ2) is 7.38. The zero-order valence-corrected chi connectivity index (χ0v) is 16.3. The van der Waals surface area contributed by atoms with E-state index >= 15 is 0 Å². The standard InChI is InChI=1S/C22H23N3O3/c1-24-13-16(18-5-4-9-23-22(18)24)6-7-21(26)25-10-8-15-11-19(27-2)20(28-3)12-17(15)14-25/h4-7,9,11-13H,8,10,14H2,1-3H3/b7-6+. The van der Waals surface area contributed by atoms with E-state index in [2.05, 4.69) is 4.98 Å². The van der Waals surface area contributed by atoms with Crippen LogP contribution >= 0.6 is 0 Å². The number of rotatable bonds is 4. The molecule has 28 heavy (non-hydrogen) atoms. The summed E-state index contributed by atoms with van der Waals surface area (Å²) in [5.74, 6) is 1.42. The Kier molecular flexibility index (Phi) is 4.77. The van der Waals surface area contributed by atoms with E-state index in [4.69, 9.17) is 9.47 Å². The lowest BCUT2D eigenvalue weighted by molar-refractivity contribution is -0.126. The van der Waals surface area contributed by atoms with Crippen LogP contribution in [0.15, 0.2) is 42.7 Å². The highest BCUT2D eigenvalue weighted by molar-refractivity contribution is 5.95. The molecule has 0 fully saturated rings. The van der Waals surface area contributed by atoms with Gasteiger partial charge >= 0.3 is 0 Å². The summed E-state index contributed by atoms with van der Waals surface area (Å²) >= 11 is 0. The van der Waals surface area contributed by atoms with E-state index in [1.807, 2.05) is 53.1 Å². The van der Waals surface area contributed by atoms with Crippen molar-refractivity contribution in [2.24, 2.45) is 7.05 Å². The molecule has 1 aliphatic rings. The molecule has 4 rings (SSSR count). The third kappa shape index (κ3) is 3.22. The highest BCUT2D eigenvalue weighted by Crippen LogP contribution is 2.33. The molecule has 0 aliphatic carbocycles. The average Bonchev–Trinajstić information content (AvgIpc) is 3.06. The van der Waals surface area contributed by atoms with Crippen molar-refractivity contribution in [2.75, 3.05) is 20.8 Å². The first-order valence-corrected chi connectivity index (χ1v) is 9.21. The first-order valence-electron chi connectivity index (χ1n) is 9.21. The number of hydrogen-bond donors (Lipinski definition) is 0. The Morgan fingerprint density at radius 1 is 1.18 bits per heavy atom. The van der Waals surface area contributed by atoms with Gasteiger partial charge in [-0.05, 0) is 47.9 Å². The first kappa shape index (κ1) is 18.1. The van der Waals surface area contributed by atoms with Gasteiger partial charge in [0.2, 0.25) is 5.91 Å². The van der Waals surface area contributed by atoms with E-state index in [0.717, 1.165) is 34.3 Å². The molecule has 0 saturated carbocycles. The molecule has 0 saturated heterocycles. The third-order valence-corrected chi connectivity index (χ3v) is 5.20. The van der Waals surface area contributed by atoms with Crippen LogP contribution < -0.4 is 9.47 Å². The largest absolute Gasteiger partial charge is 0.493 e. The molecule has 0 radical (unpaired) electrons. The number of pyridine rings is 1. The maximum absolute atomic E-state index is 12.8. The van der Waals surface area contributed by atoms with Gasteiger partial charge in [-0.15, -0.1) is 0 Å². The van der Waals surface area contributed by atoms with Crippen LogP contribution in [-0.4, -0.2) is 41.1 Å². The summed E-state index contributed by atoms with van der Waals surface area (Å²) in [6, 6.07) is 7.90. The van der Waals surface area contributed by atoms with E-state index in [1.165, 1.54) is 5.56 Å². The van der Waals surface area contributed by atoms with Gasteiger partial charge in [0.25, 0.3) is 0 Å². The van der Waals surface area contributed by atoms with Crippen LogP contribution in [0.25, 0.3) is 17.1 Å². The summed E-state index contributed by atoms with van der Waals surface area (Å²) < 4.78 is 12.7. The van der Waals surface area contributed by atoms with Crippen molar-refractivity contribution >= 4 is 23.0 Å². The fourth-order valence-electron chi connectivity index (χ4n) is 3.71. The van der Waals surface area contributed by atoms with Gasteiger partial charge < -0.3 is 18.9 Å². The second-order valence-corrected chi connectivity index (χ2v) is 6.89. The van der Waals surface area contributed by atoms with Crippen molar-refractivity contribution in [3.63, 3.8) is 0 Å². The molecule has 0 bridgehead atoms. The van der Waals surface area contributed by atoms with E-state index in [-0.39, 0.29) is 5.91 Å². The van der Waals surface area contributed by atoms with Crippen LogP contribution in [0.5, 0.6) is 11.5 Å². The number of ether oxygens (including phenoxy) is 2. The number of amides is 1. The number of aromatic nitrogens is 2. The Morgan fingerprint density at radius 2 is 1.93 bits per heavy atom. The minimum absolute atomic E-state index is 0.00123. The molecule has 0 spiro atoms. The van der Waals surface area contributed by atoms with Crippen molar-refractivity contribution in [3.05, 3.63) is 59.4 Å². The lowest BCUT2D eigenvalue weighted by Gasteiger charge is -2.28. The SMILES string of the molecule is COc1cc2c(cc1OC)CN(C(=O)/C=C/c1cn(C)c3ncccc13)CC2. The van der Waals surface area contributed by atoms with Crippen LogP contribution in [0, 0.1) is 0 Å². The van der Waals surface area contributed by atoms with E-state index in [1.54, 1.807) is 26.5 Å². The summed E-state index contributed by atoms with van der Waals surface area (Å²) in [5.41, 5.74) is 4.19. The second-order valence-electron chi connectivity index (χ2n) is 6.89. The van der Waals surface area contributed by atoms with Gasteiger partial charge in [-0.1, -0.05) is 0 Å². The quantitative estimate of drug-likeness (QED) is 0.655. The minimum Gasteiger partial charge on any atom is -0.493 e. The van der Waals surface area contributed by atoms with E-state index in [9.17, 15) is 4.79 Å². The van der Waals surface area contributed by atoms with Crippen LogP contribution in [0.1, 0.15) is 16.7 Å². The van der Waals surface area contributed by atoms with Crippen LogP contribution in [0.4, 0.5) is 0 Å². The van der Waals surface area contributed by atoms with Gasteiger partial charge in [-0.3, -0.25) is 4.79 Å². The Balaban J connectivity index is 1.54. The number of aryl methyl sites for hydroxylation is 1. The maximum atomic E-state index is 12.8. The molecule has 0 N–H and O–H groups in total. The first-order chi connectivity index (χ1) is 13.6. The molecule has 2 aromatic heterocycles. The van der Waals surface area contributed by atoms with Crippen molar-refractivity contribution in [2.45, 2.75) is 13.0 Å². The topological polar surface area (TPSA) is 56.6 Å². The van der Waals surface area contributed by atoms with Gasteiger partial charge in [0.15, 0.2) is 11.5 Å². The molecule has 144 valence electrons. The number of nitrogens with zero attached hydrogens (tertiary/aromatic N) is 3. The van der Waals surface area contributed by atoms with Crippen molar-refractivity contribution in [1.29, 1.82) is 0 Å². The Bertz CT molecular complexity index is 1070. The zero-order valence-electron chi connectivity index (χ0n) is 16.3. The molecule has 6 heteroatoms. The molecule has 3 heterocycles. The van der Waals surface area contributed by atoms with Gasteiger partial charge in [0.05, 0.1) is 14.2 Å². The highest BCUT2D eigenvalue weighted by atomic mass is 16.5. The monoisotopic (exact) mass is 377 g/mol. The van der Waals surface area contributed by atoms with Gasteiger partial charge in [0, 0.05) is 49.6 Å². The van der Waals surface area contributed by atoms with Crippen LogP contribution in [0.2, 0.25) is 0 Å². The zero-order chi connectivity index (χ0) is 19.7. The molecule has 3 aromatic rings. The smallest absolute Gasteiger partial charge is 0.246 e. The fourth-order valence-corrected chi connectivity index (χ4v) is 3.71.